The van der Waals surface area contributed by atoms with Gasteiger partial charge in [0.15, 0.2) is 5.58 Å². The number of rotatable bonds is 1. The monoisotopic (exact) mass is 252 g/mol. The van der Waals surface area contributed by atoms with Gasteiger partial charge < -0.3 is 10.2 Å². The number of hydrogen-bond acceptors (Lipinski definition) is 3. The zero-order valence-corrected chi connectivity index (χ0v) is 11.3. The molecule has 0 unspecified atom stereocenters. The van der Waals surface area contributed by atoms with Gasteiger partial charge in [0.25, 0.3) is 0 Å². The number of aryl methyl sites for hydroxylation is 2. The van der Waals surface area contributed by atoms with Gasteiger partial charge in [0.05, 0.1) is 0 Å². The number of nitrogens with zero attached hydrogens (tertiary/aromatic N) is 1. The van der Waals surface area contributed by atoms with E-state index in [2.05, 4.69) is 11.9 Å². The lowest BCUT2D eigenvalue weighted by Crippen LogP contribution is -1.92. The van der Waals surface area contributed by atoms with Crippen molar-refractivity contribution in [2.75, 3.05) is 5.73 Å². The van der Waals surface area contributed by atoms with Crippen molar-refractivity contribution in [1.29, 1.82) is 0 Å². The van der Waals surface area contributed by atoms with E-state index in [0.717, 1.165) is 39.0 Å². The topological polar surface area (TPSA) is 52.0 Å². The van der Waals surface area contributed by atoms with Crippen molar-refractivity contribution in [3.8, 4) is 11.5 Å². The summed E-state index contributed by atoms with van der Waals surface area (Å²) >= 11 is 0. The molecule has 0 saturated heterocycles. The molecule has 1 aromatic heterocycles. The highest BCUT2D eigenvalue weighted by Gasteiger charge is 2.13. The van der Waals surface area contributed by atoms with E-state index in [0.29, 0.717) is 5.89 Å². The van der Waals surface area contributed by atoms with Crippen LogP contribution in [0.5, 0.6) is 0 Å². The summed E-state index contributed by atoms with van der Waals surface area (Å²) < 4.78 is 5.86. The fraction of sp³-hybridized carbons (Fsp3) is 0.188. The Bertz CT molecular complexity index is 772. The van der Waals surface area contributed by atoms with Crippen LogP contribution < -0.4 is 5.73 Å². The average Bonchev–Trinajstić information content (AvgIpc) is 2.79. The van der Waals surface area contributed by atoms with Crippen LogP contribution in [0.3, 0.4) is 0 Å². The largest absolute Gasteiger partial charge is 0.436 e. The van der Waals surface area contributed by atoms with E-state index in [1.54, 1.807) is 0 Å². The fourth-order valence-corrected chi connectivity index (χ4v) is 2.31. The van der Waals surface area contributed by atoms with E-state index in [-0.39, 0.29) is 0 Å². The summed E-state index contributed by atoms with van der Waals surface area (Å²) in [6.07, 6.45) is 0. The molecule has 2 aromatic carbocycles. The summed E-state index contributed by atoms with van der Waals surface area (Å²) in [6.45, 7) is 6.14. The van der Waals surface area contributed by atoms with Crippen molar-refractivity contribution in [2.45, 2.75) is 20.8 Å². The molecule has 0 spiro atoms. The highest BCUT2D eigenvalue weighted by Crippen LogP contribution is 2.31. The lowest BCUT2D eigenvalue weighted by atomic mass is 10.0. The molecule has 0 fully saturated rings. The smallest absolute Gasteiger partial charge is 0.227 e. The molecule has 3 nitrogen and oxygen atoms in total. The number of nitrogens with two attached hydrogens (primary N) is 1. The van der Waals surface area contributed by atoms with E-state index in [1.165, 1.54) is 0 Å². The molecule has 0 amide bonds. The number of aromatic nitrogens is 1. The van der Waals surface area contributed by atoms with Crippen molar-refractivity contribution in [1.82, 2.24) is 4.98 Å². The minimum absolute atomic E-state index is 0.636. The van der Waals surface area contributed by atoms with Gasteiger partial charge in [-0.3, -0.25) is 0 Å². The Morgan fingerprint density at radius 2 is 1.84 bits per heavy atom. The predicted molar refractivity (Wildman–Crippen MR) is 78.1 cm³/mol. The Labute approximate surface area is 112 Å². The Morgan fingerprint density at radius 1 is 1.05 bits per heavy atom. The van der Waals surface area contributed by atoms with Crippen LogP contribution in [0.2, 0.25) is 0 Å². The summed E-state index contributed by atoms with van der Waals surface area (Å²) in [6, 6.07) is 9.83. The van der Waals surface area contributed by atoms with Crippen LogP contribution in [-0.2, 0) is 0 Å². The molecule has 0 bridgehead atoms. The zero-order valence-electron chi connectivity index (χ0n) is 11.3. The third-order valence-corrected chi connectivity index (χ3v) is 3.54. The number of anilines is 1. The van der Waals surface area contributed by atoms with Crippen LogP contribution in [0, 0.1) is 20.8 Å². The van der Waals surface area contributed by atoms with Crippen LogP contribution >= 0.6 is 0 Å². The van der Waals surface area contributed by atoms with E-state index < -0.39 is 0 Å². The van der Waals surface area contributed by atoms with Gasteiger partial charge in [0, 0.05) is 11.3 Å². The number of benzene rings is 2. The van der Waals surface area contributed by atoms with Crippen molar-refractivity contribution in [3.05, 3.63) is 47.0 Å². The Kier molecular flexibility index (Phi) is 2.56. The second-order valence-electron chi connectivity index (χ2n) is 4.95. The predicted octanol–water partition coefficient (Wildman–Crippen LogP) is 4.00. The average molecular weight is 252 g/mol. The van der Waals surface area contributed by atoms with Gasteiger partial charge in [-0.05, 0) is 55.7 Å². The molecule has 3 heteroatoms. The summed E-state index contributed by atoms with van der Waals surface area (Å²) in [7, 11) is 0. The molecule has 3 aromatic rings. The number of hydrogen-bond donors (Lipinski definition) is 1. The molecule has 0 aliphatic rings. The van der Waals surface area contributed by atoms with Crippen molar-refractivity contribution >= 4 is 16.8 Å². The lowest BCUT2D eigenvalue weighted by molar-refractivity contribution is 0.619. The standard InChI is InChI=1S/C16H16N2O/c1-9-5-4-6-14-15(9)18-16(19-14)13-8-12(17)7-10(2)11(13)3/h4-8H,17H2,1-3H3. The fourth-order valence-electron chi connectivity index (χ4n) is 2.31. The number of para-hydroxylation sites is 1. The molecular formula is C16H16N2O. The molecule has 0 atom stereocenters. The molecule has 0 aliphatic carbocycles. The van der Waals surface area contributed by atoms with Crippen LogP contribution in [0.15, 0.2) is 34.7 Å². The summed E-state index contributed by atoms with van der Waals surface area (Å²) in [5.74, 6) is 0.636. The third-order valence-electron chi connectivity index (χ3n) is 3.54. The highest BCUT2D eigenvalue weighted by atomic mass is 16.3. The van der Waals surface area contributed by atoms with E-state index in [1.807, 2.05) is 44.2 Å². The van der Waals surface area contributed by atoms with E-state index in [9.17, 15) is 0 Å². The molecule has 2 N–H and O–H groups in total. The zero-order chi connectivity index (χ0) is 13.6. The van der Waals surface area contributed by atoms with Crippen molar-refractivity contribution in [3.63, 3.8) is 0 Å². The van der Waals surface area contributed by atoms with Gasteiger partial charge in [0.1, 0.15) is 5.52 Å². The molecular weight excluding hydrogens is 236 g/mol. The van der Waals surface area contributed by atoms with Gasteiger partial charge >= 0.3 is 0 Å². The number of oxazole rings is 1. The SMILES string of the molecule is Cc1cc(N)cc(-c2nc3c(C)cccc3o2)c1C. The van der Waals surface area contributed by atoms with E-state index >= 15 is 0 Å². The Hall–Kier alpha value is -2.29. The highest BCUT2D eigenvalue weighted by molar-refractivity contribution is 5.80. The summed E-state index contributed by atoms with van der Waals surface area (Å²) in [4.78, 5) is 4.60. The van der Waals surface area contributed by atoms with Crippen LogP contribution in [0.4, 0.5) is 5.69 Å². The van der Waals surface area contributed by atoms with E-state index in [4.69, 9.17) is 10.2 Å². The minimum atomic E-state index is 0.636. The number of fused-ring (bicyclic) bond motifs is 1. The van der Waals surface area contributed by atoms with Gasteiger partial charge in [-0.1, -0.05) is 12.1 Å². The first kappa shape index (κ1) is 11.8. The maximum Gasteiger partial charge on any atom is 0.227 e. The lowest BCUT2D eigenvalue weighted by Gasteiger charge is -2.06. The maximum atomic E-state index is 5.92. The van der Waals surface area contributed by atoms with Crippen molar-refractivity contribution < 1.29 is 4.42 Å². The molecule has 96 valence electrons. The second kappa shape index (κ2) is 4.12. The summed E-state index contributed by atoms with van der Waals surface area (Å²) in [5, 5.41) is 0. The Morgan fingerprint density at radius 3 is 2.58 bits per heavy atom. The number of nitrogen functional groups attached to an aromatic ring is 1. The molecule has 1 heterocycles. The molecule has 19 heavy (non-hydrogen) atoms. The molecule has 3 rings (SSSR count). The first-order chi connectivity index (χ1) is 9.06. The van der Waals surface area contributed by atoms with Gasteiger partial charge in [0.2, 0.25) is 5.89 Å². The van der Waals surface area contributed by atoms with Crippen molar-refractivity contribution in [2.24, 2.45) is 0 Å². The second-order valence-corrected chi connectivity index (χ2v) is 4.95. The molecule has 0 saturated carbocycles. The first-order valence-electron chi connectivity index (χ1n) is 6.29. The Balaban J connectivity index is 2.28. The third kappa shape index (κ3) is 1.87. The van der Waals surface area contributed by atoms with Gasteiger partial charge in [-0.25, -0.2) is 4.98 Å². The molecule has 0 aliphatic heterocycles. The maximum absolute atomic E-state index is 5.92. The van der Waals surface area contributed by atoms with Crippen LogP contribution in [0.1, 0.15) is 16.7 Å². The van der Waals surface area contributed by atoms with Crippen LogP contribution in [0.25, 0.3) is 22.6 Å². The minimum Gasteiger partial charge on any atom is -0.436 e. The van der Waals surface area contributed by atoms with Gasteiger partial charge in [-0.2, -0.15) is 0 Å². The van der Waals surface area contributed by atoms with Gasteiger partial charge in [-0.15, -0.1) is 0 Å². The molecule has 0 radical (unpaired) electrons. The first-order valence-corrected chi connectivity index (χ1v) is 6.29. The quantitative estimate of drug-likeness (QED) is 0.666. The normalized spacial score (nSPS) is 11.1. The van der Waals surface area contributed by atoms with Crippen LogP contribution in [-0.4, -0.2) is 4.98 Å². The summed E-state index contributed by atoms with van der Waals surface area (Å²) in [5.41, 5.74) is 12.8.